The molecule has 18 heavy (non-hydrogen) atoms. The van der Waals surface area contributed by atoms with Gasteiger partial charge in [-0.2, -0.15) is 0 Å². The number of aromatic hydroxyl groups is 1. The van der Waals surface area contributed by atoms with Crippen LogP contribution in [-0.4, -0.2) is 22.6 Å². The molecule has 2 N–H and O–H groups in total. The van der Waals surface area contributed by atoms with E-state index in [9.17, 15) is 9.90 Å². The quantitative estimate of drug-likeness (QED) is 0.808. The molecule has 0 aliphatic heterocycles. The van der Waals surface area contributed by atoms with Gasteiger partial charge in [-0.05, 0) is 29.3 Å². The zero-order valence-electron chi connectivity index (χ0n) is 9.84. The van der Waals surface area contributed by atoms with Crippen LogP contribution in [0.4, 0.5) is 0 Å². The first-order valence-electron chi connectivity index (χ1n) is 5.70. The zero-order chi connectivity index (χ0) is 13.0. The summed E-state index contributed by atoms with van der Waals surface area (Å²) in [5, 5.41) is 18.6. The number of benzene rings is 2. The van der Waals surface area contributed by atoms with Gasteiger partial charge < -0.3 is 10.2 Å². The summed E-state index contributed by atoms with van der Waals surface area (Å²) in [6.07, 6.45) is 0.555. The van der Waals surface area contributed by atoms with Gasteiger partial charge in [0, 0.05) is 12.0 Å². The summed E-state index contributed by atoms with van der Waals surface area (Å²) in [4.78, 5) is 11.4. The Morgan fingerprint density at radius 3 is 2.44 bits per heavy atom. The number of hydrogen-bond donors (Lipinski definition) is 2. The Kier molecular flexibility index (Phi) is 3.75. The van der Waals surface area contributed by atoms with Crippen LogP contribution in [0.25, 0.3) is 0 Å². The molecule has 0 aromatic heterocycles. The van der Waals surface area contributed by atoms with Crippen LogP contribution in [0.1, 0.15) is 21.5 Å². The Morgan fingerprint density at radius 1 is 1.06 bits per heavy atom. The van der Waals surface area contributed by atoms with Gasteiger partial charge in [-0.15, -0.1) is 0 Å². The molecule has 0 aliphatic carbocycles. The topological polar surface area (TPSA) is 57.5 Å². The highest BCUT2D eigenvalue weighted by Gasteiger charge is 2.08. The van der Waals surface area contributed by atoms with Crippen molar-refractivity contribution in [3.8, 4) is 5.75 Å². The molecule has 2 aromatic carbocycles. The summed E-state index contributed by atoms with van der Waals surface area (Å²) in [5.74, 6) is -0.183. The molecule has 0 fully saturated rings. The molecule has 2 aromatic rings. The molecule has 92 valence electrons. The highest BCUT2D eigenvalue weighted by Crippen LogP contribution is 2.22. The van der Waals surface area contributed by atoms with Crippen LogP contribution in [0.3, 0.4) is 0 Å². The van der Waals surface area contributed by atoms with E-state index in [1.54, 1.807) is 6.07 Å². The number of aliphatic hydroxyl groups excluding tert-OH is 1. The summed E-state index contributed by atoms with van der Waals surface area (Å²) < 4.78 is 0. The molecule has 3 nitrogen and oxygen atoms in total. The van der Waals surface area contributed by atoms with Crippen LogP contribution in [0.15, 0.2) is 48.5 Å². The van der Waals surface area contributed by atoms with E-state index in [2.05, 4.69) is 0 Å². The van der Waals surface area contributed by atoms with Gasteiger partial charge in [0.2, 0.25) is 0 Å². The van der Waals surface area contributed by atoms with Gasteiger partial charge in [0.05, 0.1) is 0 Å². The van der Waals surface area contributed by atoms with Crippen molar-refractivity contribution < 1.29 is 15.0 Å². The SMILES string of the molecule is O=C(CO)c1ccc(O)c(Cc2ccccc2)c1. The summed E-state index contributed by atoms with van der Waals surface area (Å²) >= 11 is 0. The number of rotatable bonds is 4. The van der Waals surface area contributed by atoms with E-state index in [1.807, 2.05) is 30.3 Å². The third-order valence-electron chi connectivity index (χ3n) is 2.78. The molecule has 0 atom stereocenters. The third kappa shape index (κ3) is 2.76. The first-order chi connectivity index (χ1) is 8.70. The van der Waals surface area contributed by atoms with Gasteiger partial charge in [-0.1, -0.05) is 30.3 Å². The molecule has 0 unspecified atom stereocenters. The number of Topliss-reactive ketones (excluding diaryl/α,β-unsaturated/α-hetero) is 1. The van der Waals surface area contributed by atoms with Gasteiger partial charge >= 0.3 is 0 Å². The van der Waals surface area contributed by atoms with Gasteiger partial charge in [-0.3, -0.25) is 4.79 Å². The number of aliphatic hydroxyl groups is 1. The summed E-state index contributed by atoms with van der Waals surface area (Å²) in [5.41, 5.74) is 2.16. The summed E-state index contributed by atoms with van der Waals surface area (Å²) in [7, 11) is 0. The molecule has 0 bridgehead atoms. The molecule has 0 saturated heterocycles. The molecule has 0 radical (unpaired) electrons. The predicted octanol–water partition coefficient (Wildman–Crippen LogP) is 2.16. The second-order valence-electron chi connectivity index (χ2n) is 4.09. The number of carbonyl (C=O) groups is 1. The fraction of sp³-hybridized carbons (Fsp3) is 0.133. The van der Waals surface area contributed by atoms with Crippen molar-refractivity contribution in [2.45, 2.75) is 6.42 Å². The lowest BCUT2D eigenvalue weighted by Gasteiger charge is -2.07. The van der Waals surface area contributed by atoms with E-state index in [-0.39, 0.29) is 11.5 Å². The highest BCUT2D eigenvalue weighted by molar-refractivity contribution is 5.97. The standard InChI is InChI=1S/C15H14O3/c16-10-15(18)12-6-7-14(17)13(9-12)8-11-4-2-1-3-5-11/h1-7,9,16-17H,8,10H2. The largest absolute Gasteiger partial charge is 0.508 e. The lowest BCUT2D eigenvalue weighted by atomic mass is 10.0. The van der Waals surface area contributed by atoms with E-state index >= 15 is 0 Å². The Bertz CT molecular complexity index is 547. The second-order valence-corrected chi connectivity index (χ2v) is 4.09. The van der Waals surface area contributed by atoms with E-state index in [0.717, 1.165) is 5.56 Å². The van der Waals surface area contributed by atoms with E-state index in [1.165, 1.54) is 12.1 Å². The van der Waals surface area contributed by atoms with Crippen molar-refractivity contribution in [1.82, 2.24) is 0 Å². The molecule has 0 spiro atoms. The fourth-order valence-electron chi connectivity index (χ4n) is 1.81. The molecular weight excluding hydrogens is 228 g/mol. The minimum Gasteiger partial charge on any atom is -0.508 e. The number of carbonyl (C=O) groups excluding carboxylic acids is 1. The maximum absolute atomic E-state index is 11.4. The third-order valence-corrected chi connectivity index (χ3v) is 2.78. The van der Waals surface area contributed by atoms with Crippen LogP contribution < -0.4 is 0 Å². The van der Waals surface area contributed by atoms with E-state index in [0.29, 0.717) is 17.5 Å². The number of hydrogen-bond acceptors (Lipinski definition) is 3. The van der Waals surface area contributed by atoms with Crippen molar-refractivity contribution in [2.24, 2.45) is 0 Å². The van der Waals surface area contributed by atoms with Crippen molar-refractivity contribution >= 4 is 5.78 Å². The van der Waals surface area contributed by atoms with Gasteiger partial charge in [-0.25, -0.2) is 0 Å². The zero-order valence-corrected chi connectivity index (χ0v) is 9.84. The Labute approximate surface area is 105 Å². The van der Waals surface area contributed by atoms with Crippen LogP contribution in [-0.2, 0) is 6.42 Å². The molecule has 3 heteroatoms. The monoisotopic (exact) mass is 242 g/mol. The van der Waals surface area contributed by atoms with Crippen LogP contribution >= 0.6 is 0 Å². The first kappa shape index (κ1) is 12.3. The van der Waals surface area contributed by atoms with Gasteiger partial charge in [0.25, 0.3) is 0 Å². The number of phenols is 1. The Morgan fingerprint density at radius 2 is 1.78 bits per heavy atom. The van der Waals surface area contributed by atoms with Gasteiger partial charge in [0.1, 0.15) is 12.4 Å². The lowest BCUT2D eigenvalue weighted by Crippen LogP contribution is -2.05. The van der Waals surface area contributed by atoms with Gasteiger partial charge in [0.15, 0.2) is 5.78 Å². The van der Waals surface area contributed by atoms with Crippen LogP contribution in [0, 0.1) is 0 Å². The van der Waals surface area contributed by atoms with Crippen molar-refractivity contribution in [3.63, 3.8) is 0 Å². The predicted molar refractivity (Wildman–Crippen MR) is 68.8 cm³/mol. The van der Waals surface area contributed by atoms with E-state index < -0.39 is 6.61 Å². The molecule has 0 amide bonds. The molecular formula is C15H14O3. The van der Waals surface area contributed by atoms with Crippen molar-refractivity contribution in [3.05, 3.63) is 65.2 Å². The van der Waals surface area contributed by atoms with E-state index in [4.69, 9.17) is 5.11 Å². The molecule has 0 saturated carbocycles. The van der Waals surface area contributed by atoms with Crippen molar-refractivity contribution in [2.75, 3.05) is 6.61 Å². The Hall–Kier alpha value is -2.13. The second kappa shape index (κ2) is 5.47. The highest BCUT2D eigenvalue weighted by atomic mass is 16.3. The number of phenolic OH excluding ortho intramolecular Hbond substituents is 1. The average molecular weight is 242 g/mol. The van der Waals surface area contributed by atoms with Crippen molar-refractivity contribution in [1.29, 1.82) is 0 Å². The summed E-state index contributed by atoms with van der Waals surface area (Å²) in [6.45, 7) is -0.518. The number of ketones is 1. The maximum Gasteiger partial charge on any atom is 0.188 e. The molecule has 0 heterocycles. The Balaban J connectivity index is 2.30. The van der Waals surface area contributed by atoms with Crippen LogP contribution in [0.5, 0.6) is 5.75 Å². The summed E-state index contributed by atoms with van der Waals surface area (Å²) in [6, 6.07) is 14.3. The normalized spacial score (nSPS) is 10.3. The first-order valence-corrected chi connectivity index (χ1v) is 5.70. The average Bonchev–Trinajstić information content (AvgIpc) is 2.41. The minimum absolute atomic E-state index is 0.161. The molecule has 2 rings (SSSR count). The lowest BCUT2D eigenvalue weighted by molar-refractivity contribution is 0.0903. The minimum atomic E-state index is -0.518. The van der Waals surface area contributed by atoms with Crippen LogP contribution in [0.2, 0.25) is 0 Å². The fourth-order valence-corrected chi connectivity index (χ4v) is 1.81. The maximum atomic E-state index is 11.4. The molecule has 0 aliphatic rings. The smallest absolute Gasteiger partial charge is 0.188 e.